The first-order valence-electron chi connectivity index (χ1n) is 11.9. The third-order valence-electron chi connectivity index (χ3n) is 7.07. The summed E-state index contributed by atoms with van der Waals surface area (Å²) in [5.41, 5.74) is 5.21. The number of thiophene rings is 1. The zero-order chi connectivity index (χ0) is 24.7. The summed E-state index contributed by atoms with van der Waals surface area (Å²) in [6, 6.07) is 7.95. The lowest BCUT2D eigenvalue weighted by atomic mass is 9.97. The Bertz CT molecular complexity index is 1300. The van der Waals surface area contributed by atoms with Crippen molar-refractivity contribution in [3.63, 3.8) is 0 Å². The molecule has 0 aliphatic carbocycles. The van der Waals surface area contributed by atoms with E-state index in [2.05, 4.69) is 53.2 Å². The lowest BCUT2D eigenvalue weighted by Gasteiger charge is -2.31. The number of hydrogen-bond acceptors (Lipinski definition) is 8. The highest BCUT2D eigenvalue weighted by Gasteiger charge is 2.32. The number of anilines is 1. The molecule has 0 unspecified atom stereocenters. The molecule has 1 fully saturated rings. The predicted molar refractivity (Wildman–Crippen MR) is 136 cm³/mol. The van der Waals surface area contributed by atoms with E-state index in [1.807, 2.05) is 11.5 Å². The zero-order valence-corrected chi connectivity index (χ0v) is 21.3. The largest absolute Gasteiger partial charge is 0.469 e. The molecule has 8 nitrogen and oxygen atoms in total. The van der Waals surface area contributed by atoms with Gasteiger partial charge in [-0.25, -0.2) is 0 Å². The topological polar surface area (TPSA) is 89.7 Å². The van der Waals surface area contributed by atoms with E-state index in [4.69, 9.17) is 9.73 Å². The Morgan fingerprint density at radius 2 is 1.86 bits per heavy atom. The quantitative estimate of drug-likeness (QED) is 0.394. The smallest absolute Gasteiger partial charge is 0.308 e. The number of methoxy groups -OCH3 is 1. The van der Waals surface area contributed by atoms with E-state index < -0.39 is 6.04 Å². The average Bonchev–Trinajstić information content (AvgIpc) is 3.36. The predicted octanol–water partition coefficient (Wildman–Crippen LogP) is 4.12. The number of piperidine rings is 1. The van der Waals surface area contributed by atoms with Crippen LogP contribution < -0.4 is 4.90 Å². The minimum Gasteiger partial charge on any atom is -0.469 e. The van der Waals surface area contributed by atoms with Gasteiger partial charge < -0.3 is 14.4 Å². The molecule has 182 valence electrons. The SMILES string of the molecule is COC(=O)C[C@@H]1N=C(c2ccc(N3CCC(C=O)CC3)cc2)c2c(sc(C)c2C)-n2c(C)nnc21. The van der Waals surface area contributed by atoms with Crippen LogP contribution in [-0.2, 0) is 14.3 Å². The molecule has 2 aliphatic rings. The molecule has 2 aliphatic heterocycles. The van der Waals surface area contributed by atoms with E-state index in [0.29, 0.717) is 5.82 Å². The van der Waals surface area contributed by atoms with Crippen molar-refractivity contribution in [2.45, 2.75) is 46.1 Å². The maximum atomic E-state index is 12.3. The summed E-state index contributed by atoms with van der Waals surface area (Å²) in [5.74, 6) is 1.26. The Labute approximate surface area is 208 Å². The molecule has 5 rings (SSSR count). The Morgan fingerprint density at radius 3 is 2.51 bits per heavy atom. The number of carbonyl (C=O) groups excluding carboxylic acids is 2. The van der Waals surface area contributed by atoms with Gasteiger partial charge in [0, 0.05) is 40.7 Å². The fourth-order valence-electron chi connectivity index (χ4n) is 4.89. The Hall–Kier alpha value is -3.33. The van der Waals surface area contributed by atoms with Crippen molar-refractivity contribution >= 4 is 35.0 Å². The van der Waals surface area contributed by atoms with E-state index >= 15 is 0 Å². The lowest BCUT2D eigenvalue weighted by Crippen LogP contribution is -2.34. The van der Waals surface area contributed by atoms with Crippen LogP contribution in [0.2, 0.25) is 0 Å². The number of hydrogen-bond donors (Lipinski definition) is 0. The molecule has 1 atom stereocenters. The highest BCUT2D eigenvalue weighted by Crippen LogP contribution is 2.39. The van der Waals surface area contributed by atoms with Gasteiger partial charge in [-0.1, -0.05) is 12.1 Å². The second kappa shape index (κ2) is 9.37. The first-order valence-corrected chi connectivity index (χ1v) is 12.7. The molecule has 2 aromatic heterocycles. The summed E-state index contributed by atoms with van der Waals surface area (Å²) in [5, 5.41) is 9.75. The van der Waals surface area contributed by atoms with Gasteiger partial charge in [-0.15, -0.1) is 21.5 Å². The number of carbonyl (C=O) groups is 2. The van der Waals surface area contributed by atoms with Crippen molar-refractivity contribution < 1.29 is 14.3 Å². The zero-order valence-electron chi connectivity index (χ0n) is 20.4. The van der Waals surface area contributed by atoms with Crippen LogP contribution in [0.15, 0.2) is 29.3 Å². The fraction of sp³-hybridized carbons (Fsp3) is 0.423. The Balaban J connectivity index is 1.58. The molecule has 4 heterocycles. The van der Waals surface area contributed by atoms with Crippen molar-refractivity contribution in [1.82, 2.24) is 14.8 Å². The van der Waals surface area contributed by atoms with E-state index in [1.54, 1.807) is 11.3 Å². The molecule has 0 bridgehead atoms. The van der Waals surface area contributed by atoms with Gasteiger partial charge in [0.15, 0.2) is 5.82 Å². The summed E-state index contributed by atoms with van der Waals surface area (Å²) in [4.78, 5) is 32.0. The van der Waals surface area contributed by atoms with Crippen molar-refractivity contribution in [2.24, 2.45) is 10.9 Å². The Morgan fingerprint density at radius 1 is 1.14 bits per heavy atom. The van der Waals surface area contributed by atoms with Gasteiger partial charge in [-0.3, -0.25) is 14.4 Å². The number of aryl methyl sites for hydroxylation is 2. The molecule has 0 amide bonds. The number of nitrogens with zero attached hydrogens (tertiary/aromatic N) is 5. The van der Waals surface area contributed by atoms with Crippen molar-refractivity contribution in [2.75, 3.05) is 25.1 Å². The van der Waals surface area contributed by atoms with Crippen molar-refractivity contribution in [3.8, 4) is 5.00 Å². The normalized spacial score (nSPS) is 17.9. The number of benzene rings is 1. The van der Waals surface area contributed by atoms with Gasteiger partial charge in [-0.05, 0) is 51.3 Å². The molecular weight excluding hydrogens is 462 g/mol. The molecule has 9 heteroatoms. The number of fused-ring (bicyclic) bond motifs is 3. The molecular formula is C26H29N5O3S. The van der Waals surface area contributed by atoms with Crippen LogP contribution in [0.4, 0.5) is 5.69 Å². The maximum Gasteiger partial charge on any atom is 0.308 e. The Kier molecular flexibility index (Phi) is 6.27. The second-order valence-corrected chi connectivity index (χ2v) is 10.4. The number of aromatic nitrogens is 3. The van der Waals surface area contributed by atoms with Crippen molar-refractivity contribution in [3.05, 3.63) is 57.5 Å². The summed E-state index contributed by atoms with van der Waals surface area (Å²) >= 11 is 1.69. The molecule has 1 saturated heterocycles. The third-order valence-corrected chi connectivity index (χ3v) is 8.26. The highest BCUT2D eigenvalue weighted by atomic mass is 32.1. The van der Waals surface area contributed by atoms with Gasteiger partial charge in [0.1, 0.15) is 23.2 Å². The van der Waals surface area contributed by atoms with E-state index in [-0.39, 0.29) is 18.3 Å². The maximum absolute atomic E-state index is 12.3. The molecule has 0 N–H and O–H groups in total. The fourth-order valence-corrected chi connectivity index (χ4v) is 6.10. The standard InChI is InChI=1S/C26H29N5O3S/c1-15-16(2)35-26-23(15)24(27-21(13-22(33)34-4)25-29-28-17(3)31(25)26)19-5-7-20(8-6-19)30-11-9-18(14-32)10-12-30/h5-8,14,18,21H,9-13H2,1-4H3/t21-/m0/s1. The molecule has 1 aromatic carbocycles. The second-order valence-electron chi connectivity index (χ2n) is 9.19. The number of rotatable bonds is 5. The number of aldehydes is 1. The lowest BCUT2D eigenvalue weighted by molar-refractivity contribution is -0.141. The molecule has 35 heavy (non-hydrogen) atoms. The van der Waals surface area contributed by atoms with E-state index in [1.165, 1.54) is 17.6 Å². The highest BCUT2D eigenvalue weighted by molar-refractivity contribution is 7.15. The molecule has 0 saturated carbocycles. The van der Waals surface area contributed by atoms with Crippen LogP contribution in [-0.4, -0.2) is 52.9 Å². The summed E-state index contributed by atoms with van der Waals surface area (Å²) in [6.45, 7) is 7.92. The van der Waals surface area contributed by atoms with Gasteiger partial charge >= 0.3 is 5.97 Å². The average molecular weight is 492 g/mol. The van der Waals surface area contributed by atoms with Crippen LogP contribution in [0, 0.1) is 26.7 Å². The minimum atomic E-state index is -0.500. The summed E-state index contributed by atoms with van der Waals surface area (Å²) < 4.78 is 7.00. The summed E-state index contributed by atoms with van der Waals surface area (Å²) in [7, 11) is 1.39. The summed E-state index contributed by atoms with van der Waals surface area (Å²) in [6.07, 6.45) is 2.96. The van der Waals surface area contributed by atoms with Gasteiger partial charge in [0.25, 0.3) is 0 Å². The van der Waals surface area contributed by atoms with Crippen LogP contribution in [0.1, 0.15) is 58.5 Å². The van der Waals surface area contributed by atoms with Crippen LogP contribution >= 0.6 is 11.3 Å². The number of esters is 1. The van der Waals surface area contributed by atoms with Gasteiger partial charge in [0.2, 0.25) is 0 Å². The number of ether oxygens (including phenoxy) is 1. The molecule has 0 radical (unpaired) electrons. The number of aliphatic imine (C=N–C) groups is 1. The van der Waals surface area contributed by atoms with E-state index in [0.717, 1.165) is 65.6 Å². The molecule has 3 aromatic rings. The monoisotopic (exact) mass is 491 g/mol. The first-order chi connectivity index (χ1) is 16.9. The van der Waals surface area contributed by atoms with Gasteiger partial charge in [-0.2, -0.15) is 0 Å². The third kappa shape index (κ3) is 4.18. The van der Waals surface area contributed by atoms with Crippen LogP contribution in [0.3, 0.4) is 0 Å². The van der Waals surface area contributed by atoms with E-state index in [9.17, 15) is 9.59 Å². The first kappa shape index (κ1) is 23.4. The minimum absolute atomic E-state index is 0.0921. The van der Waals surface area contributed by atoms with Gasteiger partial charge in [0.05, 0.1) is 19.2 Å². The van der Waals surface area contributed by atoms with Crippen LogP contribution in [0.25, 0.3) is 5.00 Å². The van der Waals surface area contributed by atoms with Crippen LogP contribution in [0.5, 0.6) is 0 Å². The molecule has 0 spiro atoms. The van der Waals surface area contributed by atoms with Crippen molar-refractivity contribution in [1.29, 1.82) is 0 Å².